The van der Waals surface area contributed by atoms with Gasteiger partial charge in [-0.05, 0) is 42.8 Å². The number of Topliss-reactive ketones (excluding diaryl/α,β-unsaturated/α-hetero) is 1. The SMILES string of the molecule is CCCCn1c(=O)c(CCC(=O)OCC(=O)c2ccc(F)cc2)nc2ccccc21. The zero-order chi connectivity index (χ0) is 21.5. The highest BCUT2D eigenvalue weighted by Gasteiger charge is 2.14. The summed E-state index contributed by atoms with van der Waals surface area (Å²) in [5.74, 6) is -1.47. The zero-order valence-electron chi connectivity index (χ0n) is 16.8. The van der Waals surface area contributed by atoms with E-state index in [1.807, 2.05) is 24.3 Å². The third kappa shape index (κ3) is 5.17. The molecule has 0 N–H and O–H groups in total. The van der Waals surface area contributed by atoms with Crippen molar-refractivity contribution < 1.29 is 18.7 Å². The first-order valence-corrected chi connectivity index (χ1v) is 9.92. The maximum atomic E-state index is 12.9. The molecule has 0 aliphatic rings. The number of fused-ring (bicyclic) bond motifs is 1. The van der Waals surface area contributed by atoms with E-state index in [2.05, 4.69) is 11.9 Å². The summed E-state index contributed by atoms with van der Waals surface area (Å²) in [5.41, 5.74) is 1.82. The van der Waals surface area contributed by atoms with Crippen molar-refractivity contribution in [3.05, 3.63) is 76.0 Å². The number of unbranched alkanes of at least 4 members (excludes halogenated alkanes) is 1. The van der Waals surface area contributed by atoms with Gasteiger partial charge in [-0.25, -0.2) is 9.37 Å². The topological polar surface area (TPSA) is 78.3 Å². The number of carbonyl (C=O) groups is 2. The first kappa shape index (κ1) is 21.4. The second kappa shape index (κ2) is 9.91. The number of hydrogen-bond donors (Lipinski definition) is 0. The molecule has 3 aromatic rings. The van der Waals surface area contributed by atoms with Gasteiger partial charge in [-0.3, -0.25) is 14.4 Å². The number of esters is 1. The van der Waals surface area contributed by atoms with Crippen LogP contribution in [0.4, 0.5) is 4.39 Å². The first-order chi connectivity index (χ1) is 14.5. The van der Waals surface area contributed by atoms with Crippen LogP contribution in [0.15, 0.2) is 53.3 Å². The van der Waals surface area contributed by atoms with Crippen LogP contribution in [0.3, 0.4) is 0 Å². The van der Waals surface area contributed by atoms with E-state index in [1.54, 1.807) is 4.57 Å². The van der Waals surface area contributed by atoms with Crippen molar-refractivity contribution in [1.29, 1.82) is 0 Å². The molecule has 0 bridgehead atoms. The number of rotatable bonds is 9. The van der Waals surface area contributed by atoms with E-state index in [-0.39, 0.29) is 24.0 Å². The average molecular weight is 410 g/mol. The summed E-state index contributed by atoms with van der Waals surface area (Å²) in [6.45, 7) is 2.21. The molecular formula is C23H23FN2O4. The van der Waals surface area contributed by atoms with Gasteiger partial charge < -0.3 is 9.30 Å². The Morgan fingerprint density at radius 1 is 1.10 bits per heavy atom. The van der Waals surface area contributed by atoms with Gasteiger partial charge in [0.25, 0.3) is 5.56 Å². The first-order valence-electron chi connectivity index (χ1n) is 9.92. The molecule has 156 valence electrons. The molecule has 0 radical (unpaired) electrons. The molecule has 0 aliphatic carbocycles. The molecule has 1 aromatic heterocycles. The quantitative estimate of drug-likeness (QED) is 0.397. The van der Waals surface area contributed by atoms with Gasteiger partial charge in [-0.15, -0.1) is 0 Å². The number of nitrogens with zero attached hydrogens (tertiary/aromatic N) is 2. The predicted molar refractivity (Wildman–Crippen MR) is 111 cm³/mol. The standard InChI is InChI=1S/C23H23FN2O4/c1-2-3-14-26-20-7-5-4-6-18(20)25-19(23(26)29)12-13-22(28)30-15-21(27)16-8-10-17(24)11-9-16/h4-11H,2-3,12-15H2,1H3. The highest BCUT2D eigenvalue weighted by atomic mass is 19.1. The van der Waals surface area contributed by atoms with Gasteiger partial charge in [0.15, 0.2) is 12.4 Å². The Kier molecular flexibility index (Phi) is 7.06. The number of ketones is 1. The summed E-state index contributed by atoms with van der Waals surface area (Å²) in [4.78, 5) is 41.3. The predicted octanol–water partition coefficient (Wildman–Crippen LogP) is 3.69. The Labute approximate surface area is 173 Å². The molecule has 0 fully saturated rings. The van der Waals surface area contributed by atoms with Crippen molar-refractivity contribution in [2.75, 3.05) is 6.61 Å². The molecule has 0 unspecified atom stereocenters. The van der Waals surface area contributed by atoms with Crippen molar-refractivity contribution >= 4 is 22.8 Å². The lowest BCUT2D eigenvalue weighted by molar-refractivity contribution is -0.142. The highest BCUT2D eigenvalue weighted by Crippen LogP contribution is 2.12. The van der Waals surface area contributed by atoms with Gasteiger partial charge in [0.2, 0.25) is 0 Å². The monoisotopic (exact) mass is 410 g/mol. The molecule has 0 spiro atoms. The van der Waals surface area contributed by atoms with Crippen LogP contribution in [-0.2, 0) is 22.5 Å². The van der Waals surface area contributed by atoms with E-state index < -0.39 is 24.2 Å². The van der Waals surface area contributed by atoms with Crippen LogP contribution >= 0.6 is 0 Å². The molecule has 0 amide bonds. The normalized spacial score (nSPS) is 10.9. The van der Waals surface area contributed by atoms with Crippen LogP contribution < -0.4 is 5.56 Å². The number of halogens is 1. The number of aryl methyl sites for hydroxylation is 2. The average Bonchev–Trinajstić information content (AvgIpc) is 2.76. The molecule has 0 saturated carbocycles. The van der Waals surface area contributed by atoms with Crippen LogP contribution in [0.2, 0.25) is 0 Å². The second-order valence-corrected chi connectivity index (χ2v) is 6.95. The molecule has 7 heteroatoms. The number of benzene rings is 2. The fourth-order valence-corrected chi connectivity index (χ4v) is 3.10. The zero-order valence-corrected chi connectivity index (χ0v) is 16.8. The summed E-state index contributed by atoms with van der Waals surface area (Å²) < 4.78 is 19.6. The summed E-state index contributed by atoms with van der Waals surface area (Å²) in [6.07, 6.45) is 1.87. The van der Waals surface area contributed by atoms with Gasteiger partial charge in [0.05, 0.1) is 17.5 Å². The highest BCUT2D eigenvalue weighted by molar-refractivity contribution is 5.97. The minimum Gasteiger partial charge on any atom is -0.457 e. The number of aromatic nitrogens is 2. The lowest BCUT2D eigenvalue weighted by atomic mass is 10.1. The molecule has 2 aromatic carbocycles. The van der Waals surface area contributed by atoms with E-state index in [1.165, 1.54) is 24.3 Å². The van der Waals surface area contributed by atoms with E-state index in [0.717, 1.165) is 18.4 Å². The fourth-order valence-electron chi connectivity index (χ4n) is 3.10. The maximum absolute atomic E-state index is 12.9. The van der Waals surface area contributed by atoms with Crippen molar-refractivity contribution in [2.45, 2.75) is 39.2 Å². The number of hydrogen-bond acceptors (Lipinski definition) is 5. The summed E-state index contributed by atoms with van der Waals surface area (Å²) in [6, 6.07) is 12.4. The van der Waals surface area contributed by atoms with Crippen LogP contribution in [0.25, 0.3) is 11.0 Å². The van der Waals surface area contributed by atoms with E-state index >= 15 is 0 Å². The van der Waals surface area contributed by atoms with Crippen molar-refractivity contribution in [3.63, 3.8) is 0 Å². The smallest absolute Gasteiger partial charge is 0.306 e. The maximum Gasteiger partial charge on any atom is 0.306 e. The van der Waals surface area contributed by atoms with Crippen LogP contribution in [0.5, 0.6) is 0 Å². The van der Waals surface area contributed by atoms with Crippen molar-refractivity contribution in [1.82, 2.24) is 9.55 Å². The Bertz CT molecular complexity index is 1110. The summed E-state index contributed by atoms with van der Waals surface area (Å²) >= 11 is 0. The molecular weight excluding hydrogens is 387 g/mol. The Balaban J connectivity index is 1.65. The van der Waals surface area contributed by atoms with Gasteiger partial charge >= 0.3 is 5.97 Å². The summed E-state index contributed by atoms with van der Waals surface area (Å²) in [5, 5.41) is 0. The Morgan fingerprint density at radius 2 is 1.83 bits per heavy atom. The number of carbonyl (C=O) groups excluding carboxylic acids is 2. The molecule has 30 heavy (non-hydrogen) atoms. The minimum absolute atomic E-state index is 0.0644. The lowest BCUT2D eigenvalue weighted by Crippen LogP contribution is -2.26. The molecule has 0 atom stereocenters. The fraction of sp³-hybridized carbons (Fsp3) is 0.304. The Morgan fingerprint density at radius 3 is 2.57 bits per heavy atom. The van der Waals surface area contributed by atoms with Gasteiger partial charge in [0, 0.05) is 18.5 Å². The van der Waals surface area contributed by atoms with E-state index in [9.17, 15) is 18.8 Å². The number of para-hydroxylation sites is 2. The van der Waals surface area contributed by atoms with Crippen molar-refractivity contribution in [2.24, 2.45) is 0 Å². The largest absolute Gasteiger partial charge is 0.457 e. The minimum atomic E-state index is -0.597. The van der Waals surface area contributed by atoms with Crippen LogP contribution in [-0.4, -0.2) is 27.9 Å². The van der Waals surface area contributed by atoms with Crippen LogP contribution in [0, 0.1) is 5.82 Å². The van der Waals surface area contributed by atoms with E-state index in [0.29, 0.717) is 17.8 Å². The van der Waals surface area contributed by atoms with Gasteiger partial charge in [0.1, 0.15) is 11.5 Å². The third-order valence-corrected chi connectivity index (χ3v) is 4.75. The molecule has 3 rings (SSSR count). The molecule has 6 nitrogen and oxygen atoms in total. The second-order valence-electron chi connectivity index (χ2n) is 6.95. The van der Waals surface area contributed by atoms with Crippen LogP contribution in [0.1, 0.15) is 42.2 Å². The van der Waals surface area contributed by atoms with Gasteiger partial charge in [-0.2, -0.15) is 0 Å². The molecule has 1 heterocycles. The Hall–Kier alpha value is -3.35. The van der Waals surface area contributed by atoms with Gasteiger partial charge in [-0.1, -0.05) is 25.5 Å². The molecule has 0 aliphatic heterocycles. The van der Waals surface area contributed by atoms with Crippen molar-refractivity contribution in [3.8, 4) is 0 Å². The lowest BCUT2D eigenvalue weighted by Gasteiger charge is -2.12. The van der Waals surface area contributed by atoms with E-state index in [4.69, 9.17) is 4.74 Å². The number of ether oxygens (including phenoxy) is 1. The summed E-state index contributed by atoms with van der Waals surface area (Å²) in [7, 11) is 0. The molecule has 0 saturated heterocycles. The third-order valence-electron chi connectivity index (χ3n) is 4.75.